The molecule has 12 heteroatoms. The molecule has 0 aliphatic carbocycles. The lowest BCUT2D eigenvalue weighted by molar-refractivity contribution is -0.137. The second-order valence-corrected chi connectivity index (χ2v) is 10.5. The van der Waals surface area contributed by atoms with Crippen LogP contribution in [0.1, 0.15) is 18.3 Å². The molecule has 34 heavy (non-hydrogen) atoms. The minimum absolute atomic E-state index is 0.204. The van der Waals surface area contributed by atoms with E-state index in [1.165, 1.54) is 24.5 Å². The first-order valence-electron chi connectivity index (χ1n) is 10.9. The molecule has 2 aromatic heterocycles. The number of alkyl halides is 3. The molecule has 1 aliphatic rings. The van der Waals surface area contributed by atoms with Gasteiger partial charge in [-0.25, -0.2) is 22.7 Å². The Morgan fingerprint density at radius 2 is 1.76 bits per heavy atom. The number of aromatic nitrogens is 3. The zero-order valence-corrected chi connectivity index (χ0v) is 20.1. The van der Waals surface area contributed by atoms with Gasteiger partial charge in [0.05, 0.1) is 28.0 Å². The number of fused-ring (bicyclic) bond motifs is 1. The first-order chi connectivity index (χ1) is 16.0. The van der Waals surface area contributed by atoms with Crippen molar-refractivity contribution < 1.29 is 21.6 Å². The highest BCUT2D eigenvalue weighted by atomic mass is 32.2. The van der Waals surface area contributed by atoms with Crippen LogP contribution in [0.2, 0.25) is 0 Å². The van der Waals surface area contributed by atoms with Crippen molar-refractivity contribution in [2.75, 3.05) is 45.2 Å². The van der Waals surface area contributed by atoms with Crippen molar-refractivity contribution >= 4 is 26.9 Å². The number of aryl methyl sites for hydroxylation is 1. The minimum atomic E-state index is -4.40. The van der Waals surface area contributed by atoms with E-state index < -0.39 is 21.8 Å². The zero-order valence-electron chi connectivity index (χ0n) is 19.2. The van der Waals surface area contributed by atoms with Gasteiger partial charge in [0.15, 0.2) is 0 Å². The summed E-state index contributed by atoms with van der Waals surface area (Å²) in [5, 5.41) is 0. The second-order valence-electron chi connectivity index (χ2n) is 8.38. The van der Waals surface area contributed by atoms with Gasteiger partial charge in [0.2, 0.25) is 10.0 Å². The number of hydrogen-bond donors (Lipinski definition) is 0. The van der Waals surface area contributed by atoms with Crippen molar-refractivity contribution in [3.8, 4) is 0 Å². The Hall–Kier alpha value is -2.70. The van der Waals surface area contributed by atoms with Crippen LogP contribution in [0.3, 0.4) is 0 Å². The van der Waals surface area contributed by atoms with E-state index in [1.807, 2.05) is 11.8 Å². The van der Waals surface area contributed by atoms with E-state index in [9.17, 15) is 21.6 Å². The van der Waals surface area contributed by atoms with Crippen LogP contribution in [0.4, 0.5) is 19.0 Å². The second kappa shape index (κ2) is 9.16. The maximum Gasteiger partial charge on any atom is 0.417 e. The summed E-state index contributed by atoms with van der Waals surface area (Å²) >= 11 is 0. The molecule has 0 spiro atoms. The topological polar surface area (TPSA) is 74.6 Å². The minimum Gasteiger partial charge on any atom is -0.354 e. The van der Waals surface area contributed by atoms with Gasteiger partial charge in [-0.05, 0) is 37.3 Å². The third-order valence-electron chi connectivity index (χ3n) is 6.03. The lowest BCUT2D eigenvalue weighted by atomic mass is 10.2. The fraction of sp³-hybridized carbons (Fsp3) is 0.455. The molecular formula is C22H27F3N6O2S. The molecule has 8 nitrogen and oxygen atoms in total. The first-order valence-corrected chi connectivity index (χ1v) is 12.4. The predicted octanol–water partition coefficient (Wildman–Crippen LogP) is 3.04. The van der Waals surface area contributed by atoms with Crippen LogP contribution in [-0.4, -0.2) is 72.4 Å². The number of pyridine rings is 1. The van der Waals surface area contributed by atoms with Crippen molar-refractivity contribution in [1.29, 1.82) is 0 Å². The van der Waals surface area contributed by atoms with Crippen LogP contribution < -0.4 is 4.90 Å². The number of rotatable bonds is 6. The van der Waals surface area contributed by atoms with Crippen molar-refractivity contribution in [2.24, 2.45) is 0 Å². The molecule has 0 N–H and O–H groups in total. The van der Waals surface area contributed by atoms with E-state index >= 15 is 0 Å². The molecule has 0 unspecified atom stereocenters. The zero-order chi connectivity index (χ0) is 24.7. The molecular weight excluding hydrogens is 469 g/mol. The maximum atomic E-state index is 12.8. The van der Waals surface area contributed by atoms with Crippen LogP contribution in [0.25, 0.3) is 11.0 Å². The Balaban J connectivity index is 1.47. The van der Waals surface area contributed by atoms with Crippen LogP contribution in [-0.2, 0) is 29.3 Å². The summed E-state index contributed by atoms with van der Waals surface area (Å²) < 4.78 is 66.5. The Labute approximate surface area is 196 Å². The van der Waals surface area contributed by atoms with Gasteiger partial charge in [0.1, 0.15) is 11.6 Å². The monoisotopic (exact) mass is 496 g/mol. The van der Waals surface area contributed by atoms with Crippen LogP contribution in [0, 0.1) is 0 Å². The van der Waals surface area contributed by atoms with E-state index in [-0.39, 0.29) is 4.90 Å². The molecule has 0 radical (unpaired) electrons. The van der Waals surface area contributed by atoms with Crippen LogP contribution in [0.5, 0.6) is 0 Å². The van der Waals surface area contributed by atoms with Crippen molar-refractivity contribution in [3.05, 3.63) is 47.9 Å². The van der Waals surface area contributed by atoms with Gasteiger partial charge in [-0.2, -0.15) is 13.2 Å². The number of halogens is 3. The molecule has 3 aromatic rings. The quantitative estimate of drug-likeness (QED) is 0.522. The standard InChI is InChI=1S/C22H27F3N6O2S/c1-4-31-19-7-6-17(34(32,33)28(2)3)13-18(19)27-21(31)15-29-9-11-30(12-10-29)20-8-5-16(14-26-20)22(23,24)25/h5-8,13-14H,4,9-12,15H2,1-3H3. The van der Waals surface area contributed by atoms with Gasteiger partial charge < -0.3 is 9.47 Å². The van der Waals surface area contributed by atoms with Crippen molar-refractivity contribution in [3.63, 3.8) is 0 Å². The Morgan fingerprint density at radius 3 is 2.32 bits per heavy atom. The van der Waals surface area contributed by atoms with Gasteiger partial charge >= 0.3 is 6.18 Å². The molecule has 4 rings (SSSR count). The number of benzene rings is 1. The molecule has 1 saturated heterocycles. The predicted molar refractivity (Wildman–Crippen MR) is 123 cm³/mol. The van der Waals surface area contributed by atoms with E-state index in [4.69, 9.17) is 4.98 Å². The molecule has 0 amide bonds. The summed E-state index contributed by atoms with van der Waals surface area (Å²) in [4.78, 5) is 13.1. The van der Waals surface area contributed by atoms with Gasteiger partial charge in [-0.15, -0.1) is 0 Å². The summed E-state index contributed by atoms with van der Waals surface area (Å²) in [6.07, 6.45) is -3.53. The number of hydrogen-bond acceptors (Lipinski definition) is 6. The van der Waals surface area contributed by atoms with Crippen LogP contribution in [0.15, 0.2) is 41.4 Å². The molecule has 1 fully saturated rings. The largest absolute Gasteiger partial charge is 0.417 e. The molecule has 0 bridgehead atoms. The van der Waals surface area contributed by atoms with Gasteiger partial charge in [-0.1, -0.05) is 0 Å². The highest BCUT2D eigenvalue weighted by Gasteiger charge is 2.31. The number of anilines is 1. The molecule has 184 valence electrons. The van der Waals surface area contributed by atoms with Crippen molar-refractivity contribution in [1.82, 2.24) is 23.7 Å². The van der Waals surface area contributed by atoms with Gasteiger partial charge in [-0.3, -0.25) is 4.90 Å². The van der Waals surface area contributed by atoms with E-state index in [1.54, 1.807) is 18.2 Å². The van der Waals surface area contributed by atoms with E-state index in [0.717, 1.165) is 23.6 Å². The summed E-state index contributed by atoms with van der Waals surface area (Å²) in [5.41, 5.74) is 0.755. The first kappa shape index (κ1) is 24.4. The van der Waals surface area contributed by atoms with Crippen molar-refractivity contribution in [2.45, 2.75) is 31.1 Å². The smallest absolute Gasteiger partial charge is 0.354 e. The average molecular weight is 497 g/mol. The lowest BCUT2D eigenvalue weighted by Gasteiger charge is -2.35. The lowest BCUT2D eigenvalue weighted by Crippen LogP contribution is -2.46. The SMILES string of the molecule is CCn1c(CN2CCN(c3ccc(C(F)(F)F)cn3)CC2)nc2cc(S(=O)(=O)N(C)C)ccc21. The number of imidazole rings is 1. The average Bonchev–Trinajstić information content (AvgIpc) is 3.15. The summed E-state index contributed by atoms with van der Waals surface area (Å²) in [5.74, 6) is 1.38. The summed E-state index contributed by atoms with van der Waals surface area (Å²) in [6, 6.07) is 7.47. The Kier molecular flexibility index (Phi) is 6.58. The number of sulfonamides is 1. The fourth-order valence-electron chi connectivity index (χ4n) is 4.08. The number of piperazine rings is 1. The highest BCUT2D eigenvalue weighted by molar-refractivity contribution is 7.89. The maximum absolute atomic E-state index is 12.8. The Bertz CT molecular complexity index is 1260. The van der Waals surface area contributed by atoms with Gasteiger partial charge in [0.25, 0.3) is 0 Å². The highest BCUT2D eigenvalue weighted by Crippen LogP contribution is 2.29. The normalized spacial score (nSPS) is 16.0. The van der Waals surface area contributed by atoms with Gasteiger partial charge in [0, 0.05) is 53.0 Å². The molecule has 3 heterocycles. The summed E-state index contributed by atoms with van der Waals surface area (Å²) in [7, 11) is -0.559. The molecule has 0 atom stereocenters. The molecule has 1 aliphatic heterocycles. The van der Waals surface area contributed by atoms with E-state index in [0.29, 0.717) is 50.6 Å². The molecule has 1 aromatic carbocycles. The molecule has 0 saturated carbocycles. The number of nitrogens with zero attached hydrogens (tertiary/aromatic N) is 6. The van der Waals surface area contributed by atoms with E-state index in [2.05, 4.69) is 14.5 Å². The Morgan fingerprint density at radius 1 is 1.06 bits per heavy atom. The summed E-state index contributed by atoms with van der Waals surface area (Å²) in [6.45, 7) is 5.98. The van der Waals surface area contributed by atoms with Crippen LogP contribution >= 0.6 is 0 Å². The third kappa shape index (κ3) is 4.75. The fourth-order valence-corrected chi connectivity index (χ4v) is 5.00. The third-order valence-corrected chi connectivity index (χ3v) is 7.84.